The first-order valence-corrected chi connectivity index (χ1v) is 8.68. The van der Waals surface area contributed by atoms with Crippen LogP contribution in [0.15, 0.2) is 35.5 Å². The average molecular weight is 364 g/mol. The van der Waals surface area contributed by atoms with Gasteiger partial charge in [0, 0.05) is 0 Å². The fraction of sp³-hybridized carbons (Fsp3) is 0.462. The largest absolute Gasteiger partial charge is 0.414 e. The molecule has 0 saturated heterocycles. The van der Waals surface area contributed by atoms with Gasteiger partial charge in [0.25, 0.3) is 5.16 Å². The molecule has 7 nitrogen and oxygen atoms in total. The Labute approximate surface area is 136 Å². The van der Waals surface area contributed by atoms with Crippen LogP contribution in [0.5, 0.6) is 0 Å². The molecule has 0 fully saturated rings. The minimum atomic E-state index is -4.70. The number of alkyl halides is 3. The van der Waals surface area contributed by atoms with Gasteiger partial charge in [0.1, 0.15) is 6.10 Å². The third kappa shape index (κ3) is 4.51. The summed E-state index contributed by atoms with van der Waals surface area (Å²) in [5, 5.41) is 19.0. The van der Waals surface area contributed by atoms with E-state index < -0.39 is 34.3 Å². The van der Waals surface area contributed by atoms with E-state index in [-0.39, 0.29) is 18.0 Å². The van der Waals surface area contributed by atoms with Crippen LogP contribution in [0.3, 0.4) is 0 Å². The molecule has 0 aliphatic rings. The molecule has 1 unspecified atom stereocenters. The quantitative estimate of drug-likeness (QED) is 0.748. The van der Waals surface area contributed by atoms with Crippen LogP contribution < -0.4 is 0 Å². The lowest BCUT2D eigenvalue weighted by atomic mass is 10.1. The number of aliphatic hydroxyl groups excluding tert-OH is 1. The fourth-order valence-corrected chi connectivity index (χ4v) is 3.32. The lowest BCUT2D eigenvalue weighted by molar-refractivity contribution is -0.205. The summed E-state index contributed by atoms with van der Waals surface area (Å²) in [5.74, 6) is -0.412. The normalized spacial score (nSPS) is 13.8. The Morgan fingerprint density at radius 3 is 2.46 bits per heavy atom. The maximum absolute atomic E-state index is 12.3. The van der Waals surface area contributed by atoms with E-state index in [9.17, 15) is 21.6 Å². The van der Waals surface area contributed by atoms with Gasteiger partial charge in [-0.1, -0.05) is 23.3 Å². The Morgan fingerprint density at radius 1 is 1.17 bits per heavy atom. The van der Waals surface area contributed by atoms with Crippen LogP contribution in [-0.4, -0.2) is 51.8 Å². The Kier molecular flexibility index (Phi) is 5.54. The van der Waals surface area contributed by atoms with Gasteiger partial charge >= 0.3 is 6.18 Å². The topological polar surface area (TPSA) is 98.0 Å². The molecule has 0 radical (unpaired) electrons. The van der Waals surface area contributed by atoms with Crippen LogP contribution in [0, 0.1) is 0 Å². The van der Waals surface area contributed by atoms with Crippen molar-refractivity contribution in [3.63, 3.8) is 0 Å². The highest BCUT2D eigenvalue weighted by Crippen LogP contribution is 2.24. The molecule has 1 aromatic heterocycles. The number of hydrogen-bond acceptors (Lipinski definition) is 6. The number of tetrazole rings is 1. The average Bonchev–Trinajstić information content (AvgIpc) is 3.02. The number of para-hydroxylation sites is 1. The second-order valence-corrected chi connectivity index (χ2v) is 7.08. The first kappa shape index (κ1) is 18.3. The van der Waals surface area contributed by atoms with Crippen molar-refractivity contribution in [3.8, 4) is 5.69 Å². The molecule has 1 heterocycles. The second kappa shape index (κ2) is 7.26. The number of nitrogens with zero attached hydrogens (tertiary/aromatic N) is 4. The summed E-state index contributed by atoms with van der Waals surface area (Å²) in [7, 11) is -3.87. The van der Waals surface area contributed by atoms with E-state index in [1.54, 1.807) is 30.3 Å². The summed E-state index contributed by atoms with van der Waals surface area (Å²) in [6.07, 6.45) is -7.84. The van der Waals surface area contributed by atoms with Crippen molar-refractivity contribution in [1.82, 2.24) is 20.2 Å². The molecule has 24 heavy (non-hydrogen) atoms. The van der Waals surface area contributed by atoms with Gasteiger partial charge in [0.15, 0.2) is 0 Å². The third-order valence-corrected chi connectivity index (χ3v) is 4.88. The minimum absolute atomic E-state index is 0.0445. The molecule has 1 aromatic carbocycles. The predicted molar refractivity (Wildman–Crippen MR) is 77.1 cm³/mol. The molecule has 0 amide bonds. The number of aliphatic hydroxyl groups is 1. The summed E-state index contributed by atoms with van der Waals surface area (Å²) < 4.78 is 62.1. The van der Waals surface area contributed by atoms with Gasteiger partial charge in [0.05, 0.1) is 11.4 Å². The van der Waals surface area contributed by atoms with E-state index in [0.717, 1.165) is 4.68 Å². The molecule has 0 aliphatic carbocycles. The number of halogens is 3. The number of sulfone groups is 1. The van der Waals surface area contributed by atoms with E-state index in [0.29, 0.717) is 5.69 Å². The van der Waals surface area contributed by atoms with Crippen LogP contribution in [0.2, 0.25) is 0 Å². The zero-order valence-electron chi connectivity index (χ0n) is 12.4. The van der Waals surface area contributed by atoms with Crippen molar-refractivity contribution in [2.75, 3.05) is 5.75 Å². The zero-order chi connectivity index (χ0) is 17.8. The molecular weight excluding hydrogens is 349 g/mol. The number of rotatable bonds is 7. The first-order valence-electron chi connectivity index (χ1n) is 7.03. The molecule has 1 N–H and O–H groups in total. The van der Waals surface area contributed by atoms with Crippen molar-refractivity contribution >= 4 is 9.84 Å². The van der Waals surface area contributed by atoms with Gasteiger partial charge in [-0.05, 0) is 41.8 Å². The monoisotopic (exact) mass is 364 g/mol. The van der Waals surface area contributed by atoms with E-state index in [1.165, 1.54) is 0 Å². The van der Waals surface area contributed by atoms with E-state index >= 15 is 0 Å². The lowest BCUT2D eigenvalue weighted by Crippen LogP contribution is -2.28. The SMILES string of the molecule is O=S(=O)(CCCCC(O)C(F)(F)F)c1nnnn1-c1ccccc1. The lowest BCUT2D eigenvalue weighted by Gasteiger charge is -2.13. The van der Waals surface area contributed by atoms with Crippen LogP contribution in [-0.2, 0) is 9.84 Å². The smallest absolute Gasteiger partial charge is 0.384 e. The molecule has 1 atom stereocenters. The zero-order valence-corrected chi connectivity index (χ0v) is 13.2. The molecule has 0 saturated carbocycles. The molecule has 11 heteroatoms. The van der Waals surface area contributed by atoms with Crippen LogP contribution in [0.25, 0.3) is 5.69 Å². The Hall–Kier alpha value is -2.01. The first-order chi connectivity index (χ1) is 11.2. The molecule has 2 aromatic rings. The Morgan fingerprint density at radius 2 is 1.83 bits per heavy atom. The van der Waals surface area contributed by atoms with Crippen LogP contribution >= 0.6 is 0 Å². The van der Waals surface area contributed by atoms with Crippen molar-refractivity contribution in [2.24, 2.45) is 0 Å². The van der Waals surface area contributed by atoms with Gasteiger partial charge in [0.2, 0.25) is 9.84 Å². The minimum Gasteiger partial charge on any atom is -0.384 e. The highest BCUT2D eigenvalue weighted by molar-refractivity contribution is 7.91. The number of aromatic nitrogens is 4. The Bertz CT molecular complexity index is 762. The molecule has 0 spiro atoms. The summed E-state index contributed by atoms with van der Waals surface area (Å²) in [4.78, 5) is 0. The van der Waals surface area contributed by atoms with Crippen LogP contribution in [0.4, 0.5) is 13.2 Å². The van der Waals surface area contributed by atoms with Gasteiger partial charge in [-0.15, -0.1) is 0 Å². The summed E-state index contributed by atoms with van der Waals surface area (Å²) in [5.41, 5.74) is 0.452. The third-order valence-electron chi connectivity index (χ3n) is 3.24. The van der Waals surface area contributed by atoms with Gasteiger partial charge in [-0.2, -0.15) is 17.9 Å². The standard InChI is InChI=1S/C13H15F3N4O3S/c14-13(15,16)11(21)8-4-5-9-24(22,23)12-17-18-19-20(12)10-6-2-1-3-7-10/h1-3,6-7,11,21H,4-5,8-9H2. The van der Waals surface area contributed by atoms with Crippen molar-refractivity contribution in [2.45, 2.75) is 36.7 Å². The fourth-order valence-electron chi connectivity index (χ4n) is 1.99. The number of unbranched alkanes of at least 4 members (excludes halogenated alkanes) is 1. The Balaban J connectivity index is 2.01. The number of hydrogen-bond donors (Lipinski definition) is 1. The predicted octanol–water partition coefficient (Wildman–Crippen LogP) is 1.53. The summed E-state index contributed by atoms with van der Waals surface area (Å²) >= 11 is 0. The maximum atomic E-state index is 12.3. The van der Waals surface area contributed by atoms with Gasteiger partial charge in [-0.25, -0.2) is 8.42 Å². The molecule has 132 valence electrons. The molecule has 0 bridgehead atoms. The van der Waals surface area contributed by atoms with Crippen molar-refractivity contribution in [3.05, 3.63) is 30.3 Å². The second-order valence-electron chi connectivity index (χ2n) is 5.08. The van der Waals surface area contributed by atoms with E-state index in [2.05, 4.69) is 15.5 Å². The van der Waals surface area contributed by atoms with Gasteiger partial charge < -0.3 is 5.11 Å². The van der Waals surface area contributed by atoms with Crippen molar-refractivity contribution < 1.29 is 26.7 Å². The van der Waals surface area contributed by atoms with Crippen LogP contribution in [0.1, 0.15) is 19.3 Å². The summed E-state index contributed by atoms with van der Waals surface area (Å²) in [6, 6.07) is 8.36. The van der Waals surface area contributed by atoms with E-state index in [1.807, 2.05) is 0 Å². The molecule has 2 rings (SSSR count). The highest BCUT2D eigenvalue weighted by Gasteiger charge is 2.37. The molecule has 0 aliphatic heterocycles. The van der Waals surface area contributed by atoms with Crippen molar-refractivity contribution in [1.29, 1.82) is 0 Å². The number of benzene rings is 1. The summed E-state index contributed by atoms with van der Waals surface area (Å²) in [6.45, 7) is 0. The van der Waals surface area contributed by atoms with Gasteiger partial charge in [-0.3, -0.25) is 0 Å². The van der Waals surface area contributed by atoms with E-state index in [4.69, 9.17) is 5.11 Å². The highest BCUT2D eigenvalue weighted by atomic mass is 32.2. The maximum Gasteiger partial charge on any atom is 0.414 e. The molecular formula is C13H15F3N4O3S.